The number of hydrogen-bond acceptors (Lipinski definition) is 5. The highest BCUT2D eigenvalue weighted by Crippen LogP contribution is 2.22. The summed E-state index contributed by atoms with van der Waals surface area (Å²) in [4.78, 5) is 22.4. The molecule has 0 aliphatic carbocycles. The van der Waals surface area contributed by atoms with Gasteiger partial charge in [0.25, 0.3) is 0 Å². The van der Waals surface area contributed by atoms with Gasteiger partial charge in [-0.25, -0.2) is 10.2 Å². The zero-order valence-corrected chi connectivity index (χ0v) is 12.3. The van der Waals surface area contributed by atoms with E-state index in [1.807, 2.05) is 0 Å². The van der Waals surface area contributed by atoms with Crippen molar-refractivity contribution in [2.75, 3.05) is 0 Å². The molecule has 0 radical (unpaired) electrons. The third-order valence-electron chi connectivity index (χ3n) is 3.15. The van der Waals surface area contributed by atoms with Gasteiger partial charge < -0.3 is 13.9 Å². The number of nitrogens with zero attached hydrogens (tertiary/aromatic N) is 1. The third-order valence-corrected chi connectivity index (χ3v) is 3.15. The molecule has 1 aromatic carbocycles. The van der Waals surface area contributed by atoms with Crippen LogP contribution in [0.3, 0.4) is 0 Å². The van der Waals surface area contributed by atoms with Crippen molar-refractivity contribution in [3.63, 3.8) is 0 Å². The van der Waals surface area contributed by atoms with E-state index in [0.29, 0.717) is 11.5 Å². The first kappa shape index (κ1) is 15.3. The number of furan rings is 2. The Bertz CT molecular complexity index is 876. The van der Waals surface area contributed by atoms with Gasteiger partial charge in [-0.05, 0) is 36.4 Å². The van der Waals surface area contributed by atoms with E-state index in [-0.39, 0.29) is 11.3 Å². The summed E-state index contributed by atoms with van der Waals surface area (Å²) in [6.45, 7) is 0. The number of nitrogens with one attached hydrogen (secondary N) is 1. The van der Waals surface area contributed by atoms with Crippen LogP contribution in [0.4, 0.5) is 0 Å². The SMILES string of the molecule is O=C(O)c1ccc(-c2ccc(/C=N\NC(=O)c3ccco3)o2)cc1. The molecule has 2 heterocycles. The van der Waals surface area contributed by atoms with Crippen molar-refractivity contribution in [2.24, 2.45) is 5.10 Å². The second kappa shape index (κ2) is 6.66. The van der Waals surface area contributed by atoms with Gasteiger partial charge in [0.05, 0.1) is 18.0 Å². The number of rotatable bonds is 5. The number of aromatic carboxylic acids is 1. The van der Waals surface area contributed by atoms with Crippen LogP contribution in [0.25, 0.3) is 11.3 Å². The number of carbonyl (C=O) groups is 2. The van der Waals surface area contributed by atoms with Crippen LogP contribution in [-0.4, -0.2) is 23.2 Å². The summed E-state index contributed by atoms with van der Waals surface area (Å²) in [5, 5.41) is 12.7. The minimum atomic E-state index is -0.985. The van der Waals surface area contributed by atoms with Gasteiger partial charge >= 0.3 is 11.9 Å². The normalized spacial score (nSPS) is 10.8. The molecular weight excluding hydrogens is 312 g/mol. The molecule has 7 nitrogen and oxygen atoms in total. The van der Waals surface area contributed by atoms with Gasteiger partial charge in [0.2, 0.25) is 0 Å². The van der Waals surface area contributed by atoms with Crippen molar-refractivity contribution >= 4 is 18.1 Å². The molecule has 0 bridgehead atoms. The lowest BCUT2D eigenvalue weighted by molar-refractivity contribution is 0.0696. The van der Waals surface area contributed by atoms with Crippen LogP contribution in [0.5, 0.6) is 0 Å². The number of amides is 1. The molecule has 0 saturated carbocycles. The van der Waals surface area contributed by atoms with Crippen LogP contribution in [0, 0.1) is 0 Å². The molecular formula is C17H12N2O5. The molecule has 0 saturated heterocycles. The number of benzene rings is 1. The minimum Gasteiger partial charge on any atom is -0.478 e. The van der Waals surface area contributed by atoms with Gasteiger partial charge in [-0.2, -0.15) is 5.10 Å². The van der Waals surface area contributed by atoms with Crippen LogP contribution in [0.1, 0.15) is 26.7 Å². The van der Waals surface area contributed by atoms with Crippen molar-refractivity contribution in [2.45, 2.75) is 0 Å². The molecule has 0 aliphatic rings. The molecule has 0 spiro atoms. The summed E-state index contributed by atoms with van der Waals surface area (Å²) in [5.74, 6) is -0.294. The predicted octanol–water partition coefficient (Wildman–Crippen LogP) is 3.00. The molecule has 0 unspecified atom stereocenters. The molecule has 0 atom stereocenters. The van der Waals surface area contributed by atoms with Gasteiger partial charge in [0.1, 0.15) is 11.5 Å². The lowest BCUT2D eigenvalue weighted by atomic mass is 10.1. The first-order valence-corrected chi connectivity index (χ1v) is 6.94. The van der Waals surface area contributed by atoms with Crippen molar-refractivity contribution in [3.05, 3.63) is 71.9 Å². The Hall–Kier alpha value is -3.61. The molecule has 0 aliphatic heterocycles. The molecule has 3 aromatic rings. The van der Waals surface area contributed by atoms with Crippen LogP contribution in [0.2, 0.25) is 0 Å². The Morgan fingerprint density at radius 2 is 1.88 bits per heavy atom. The third kappa shape index (κ3) is 3.41. The van der Waals surface area contributed by atoms with E-state index in [2.05, 4.69) is 10.5 Å². The quantitative estimate of drug-likeness (QED) is 0.554. The monoisotopic (exact) mass is 324 g/mol. The summed E-state index contributed by atoms with van der Waals surface area (Å²) < 4.78 is 10.5. The van der Waals surface area contributed by atoms with Gasteiger partial charge in [0.15, 0.2) is 5.76 Å². The molecule has 2 aromatic heterocycles. The van der Waals surface area contributed by atoms with Crippen molar-refractivity contribution in [1.82, 2.24) is 5.43 Å². The van der Waals surface area contributed by atoms with Crippen LogP contribution >= 0.6 is 0 Å². The molecule has 24 heavy (non-hydrogen) atoms. The summed E-state index contributed by atoms with van der Waals surface area (Å²) in [6.07, 6.45) is 2.75. The van der Waals surface area contributed by atoms with E-state index in [4.69, 9.17) is 13.9 Å². The van der Waals surface area contributed by atoms with E-state index >= 15 is 0 Å². The van der Waals surface area contributed by atoms with Gasteiger partial charge in [-0.15, -0.1) is 0 Å². The van der Waals surface area contributed by atoms with Crippen LogP contribution in [-0.2, 0) is 0 Å². The smallest absolute Gasteiger partial charge is 0.335 e. The van der Waals surface area contributed by atoms with E-state index in [1.54, 1.807) is 30.3 Å². The van der Waals surface area contributed by atoms with E-state index in [1.165, 1.54) is 30.7 Å². The highest BCUT2D eigenvalue weighted by molar-refractivity contribution is 5.92. The number of hydrogen-bond donors (Lipinski definition) is 2. The fourth-order valence-electron chi connectivity index (χ4n) is 1.97. The average molecular weight is 324 g/mol. The zero-order valence-electron chi connectivity index (χ0n) is 12.3. The number of carboxylic acid groups (broad SMARTS) is 1. The van der Waals surface area contributed by atoms with Crippen molar-refractivity contribution < 1.29 is 23.5 Å². The Balaban J connectivity index is 1.66. The van der Waals surface area contributed by atoms with Gasteiger partial charge in [0, 0.05) is 5.56 Å². The maximum Gasteiger partial charge on any atom is 0.335 e. The first-order chi connectivity index (χ1) is 11.6. The topological polar surface area (TPSA) is 105 Å². The number of carbonyl (C=O) groups excluding carboxylic acids is 1. The Labute approximate surface area is 136 Å². The lowest BCUT2D eigenvalue weighted by Gasteiger charge is -1.98. The molecule has 2 N–H and O–H groups in total. The predicted molar refractivity (Wildman–Crippen MR) is 84.9 cm³/mol. The summed E-state index contributed by atoms with van der Waals surface area (Å²) in [6, 6.07) is 12.8. The summed E-state index contributed by atoms with van der Waals surface area (Å²) in [7, 11) is 0. The van der Waals surface area contributed by atoms with E-state index < -0.39 is 11.9 Å². The lowest BCUT2D eigenvalue weighted by Crippen LogP contribution is -2.16. The van der Waals surface area contributed by atoms with Crippen molar-refractivity contribution in [3.8, 4) is 11.3 Å². The second-order valence-corrected chi connectivity index (χ2v) is 4.76. The molecule has 1 amide bonds. The largest absolute Gasteiger partial charge is 0.478 e. The fourth-order valence-corrected chi connectivity index (χ4v) is 1.97. The Kier molecular flexibility index (Phi) is 4.24. The van der Waals surface area contributed by atoms with Crippen molar-refractivity contribution in [1.29, 1.82) is 0 Å². The van der Waals surface area contributed by atoms with Crippen LogP contribution < -0.4 is 5.43 Å². The van der Waals surface area contributed by atoms with Gasteiger partial charge in [-0.3, -0.25) is 4.79 Å². The summed E-state index contributed by atoms with van der Waals surface area (Å²) in [5.41, 5.74) is 3.25. The Morgan fingerprint density at radius 1 is 1.08 bits per heavy atom. The Morgan fingerprint density at radius 3 is 2.54 bits per heavy atom. The number of carboxylic acids is 1. The highest BCUT2D eigenvalue weighted by Gasteiger charge is 2.08. The molecule has 0 fully saturated rings. The molecule has 120 valence electrons. The van der Waals surface area contributed by atoms with E-state index in [0.717, 1.165) is 5.56 Å². The standard InChI is InChI=1S/C17H12N2O5/c20-16(15-2-1-9-23-15)19-18-10-13-7-8-14(24-13)11-3-5-12(6-4-11)17(21)22/h1-10H,(H,19,20)(H,21,22)/b18-10-. The molecule has 7 heteroatoms. The maximum atomic E-state index is 11.6. The average Bonchev–Trinajstić information content (AvgIpc) is 3.27. The minimum absolute atomic E-state index is 0.158. The highest BCUT2D eigenvalue weighted by atomic mass is 16.4. The van der Waals surface area contributed by atoms with Crippen LogP contribution in [0.15, 0.2) is 68.7 Å². The van der Waals surface area contributed by atoms with E-state index in [9.17, 15) is 9.59 Å². The maximum absolute atomic E-state index is 11.6. The molecule has 3 rings (SSSR count). The first-order valence-electron chi connectivity index (χ1n) is 6.94. The fraction of sp³-hybridized carbons (Fsp3) is 0. The zero-order chi connectivity index (χ0) is 16.9. The van der Waals surface area contributed by atoms with Gasteiger partial charge in [-0.1, -0.05) is 12.1 Å². The summed E-state index contributed by atoms with van der Waals surface area (Å²) >= 11 is 0. The second-order valence-electron chi connectivity index (χ2n) is 4.76. The number of hydrazone groups is 1.